The van der Waals surface area contributed by atoms with Crippen LogP contribution in [0.3, 0.4) is 0 Å². The van der Waals surface area contributed by atoms with Crippen molar-refractivity contribution in [2.45, 2.75) is 90.4 Å². The largest absolute Gasteiger partial charge is 0.481 e. The van der Waals surface area contributed by atoms with Crippen LogP contribution in [0.25, 0.3) is 0 Å². The topological polar surface area (TPSA) is 214 Å². The maximum absolute atomic E-state index is 13.1. The Balaban J connectivity index is 5.57. The molecule has 0 saturated carbocycles. The van der Waals surface area contributed by atoms with Gasteiger partial charge >= 0.3 is 11.9 Å². The van der Waals surface area contributed by atoms with Crippen molar-refractivity contribution in [3.05, 3.63) is 0 Å². The summed E-state index contributed by atoms with van der Waals surface area (Å²) in [6.45, 7) is 7.73. The van der Waals surface area contributed by atoms with Crippen LogP contribution in [0, 0.1) is 11.8 Å². The van der Waals surface area contributed by atoms with Gasteiger partial charge in [0.2, 0.25) is 17.7 Å². The van der Waals surface area contributed by atoms with Gasteiger partial charge in [-0.05, 0) is 44.1 Å². The number of carboxylic acid groups (broad SMARTS) is 2. The van der Waals surface area contributed by atoms with Crippen LogP contribution >= 0.6 is 0 Å². The number of hydrogen-bond acceptors (Lipinski definition) is 7. The number of hydrogen-bond donors (Lipinski definition) is 7. The van der Waals surface area contributed by atoms with Crippen molar-refractivity contribution in [1.29, 1.82) is 0 Å². The summed E-state index contributed by atoms with van der Waals surface area (Å²) >= 11 is 0. The first-order valence-electron chi connectivity index (χ1n) is 11.6. The smallest absolute Gasteiger partial charge is 0.326 e. The van der Waals surface area contributed by atoms with E-state index < -0.39 is 66.2 Å². The highest BCUT2D eigenvalue weighted by molar-refractivity contribution is 5.94. The Bertz CT molecular complexity index is 701. The Labute approximate surface area is 200 Å². The van der Waals surface area contributed by atoms with Crippen LogP contribution in [0.2, 0.25) is 0 Å². The molecule has 196 valence electrons. The molecule has 12 heteroatoms. The molecule has 0 aromatic heterocycles. The van der Waals surface area contributed by atoms with Crippen LogP contribution < -0.4 is 27.4 Å². The van der Waals surface area contributed by atoms with Gasteiger partial charge in [-0.3, -0.25) is 19.2 Å². The molecule has 0 spiro atoms. The van der Waals surface area contributed by atoms with Crippen molar-refractivity contribution in [2.24, 2.45) is 23.3 Å². The second kappa shape index (κ2) is 16.0. The maximum Gasteiger partial charge on any atom is 0.326 e. The molecule has 0 aromatic rings. The van der Waals surface area contributed by atoms with Gasteiger partial charge in [-0.15, -0.1) is 0 Å². The minimum absolute atomic E-state index is 0.178. The zero-order valence-electron chi connectivity index (χ0n) is 20.5. The fraction of sp³-hybridized carbons (Fsp3) is 0.773. The number of rotatable bonds is 17. The number of nitrogens with one attached hydrogen (secondary N) is 3. The quantitative estimate of drug-likeness (QED) is 0.132. The zero-order chi connectivity index (χ0) is 26.4. The van der Waals surface area contributed by atoms with E-state index in [1.54, 1.807) is 13.8 Å². The molecule has 0 rings (SSSR count). The van der Waals surface area contributed by atoms with E-state index in [1.807, 2.05) is 13.8 Å². The summed E-state index contributed by atoms with van der Waals surface area (Å²) in [6, 6.07) is -4.55. The second-order valence-corrected chi connectivity index (χ2v) is 8.95. The van der Waals surface area contributed by atoms with Gasteiger partial charge in [-0.1, -0.05) is 34.1 Å². The summed E-state index contributed by atoms with van der Waals surface area (Å²) in [5.41, 5.74) is 11.5. The lowest BCUT2D eigenvalue weighted by Crippen LogP contribution is -2.58. The lowest BCUT2D eigenvalue weighted by atomic mass is 9.96. The fourth-order valence-corrected chi connectivity index (χ4v) is 3.25. The molecular weight excluding hydrogens is 446 g/mol. The van der Waals surface area contributed by atoms with Gasteiger partial charge < -0.3 is 37.6 Å². The Kier molecular flexibility index (Phi) is 14.7. The number of carboxylic acids is 2. The Morgan fingerprint density at radius 2 is 1.44 bits per heavy atom. The molecule has 12 nitrogen and oxygen atoms in total. The van der Waals surface area contributed by atoms with Gasteiger partial charge in [-0.25, -0.2) is 4.79 Å². The average Bonchev–Trinajstić information content (AvgIpc) is 2.74. The molecule has 0 heterocycles. The first kappa shape index (κ1) is 31.3. The molecule has 0 radical (unpaired) electrons. The van der Waals surface area contributed by atoms with Gasteiger partial charge in [0.1, 0.15) is 18.1 Å². The van der Waals surface area contributed by atoms with E-state index in [9.17, 15) is 29.1 Å². The SMILES string of the molecule is CCC(C)C(NC(=O)C(CCCCN)NC(=O)C(N)CC(C)C)C(=O)NC(CC(=O)O)C(=O)O. The van der Waals surface area contributed by atoms with Crippen LogP contribution in [0.1, 0.15) is 66.2 Å². The summed E-state index contributed by atoms with van der Waals surface area (Å²) in [5, 5.41) is 25.5. The van der Waals surface area contributed by atoms with Crippen molar-refractivity contribution >= 4 is 29.7 Å². The number of nitrogens with two attached hydrogens (primary N) is 2. The van der Waals surface area contributed by atoms with Crippen LogP contribution in [-0.4, -0.2) is 70.6 Å². The van der Waals surface area contributed by atoms with Crippen LogP contribution in [0.4, 0.5) is 0 Å². The predicted octanol–water partition coefficient (Wildman–Crippen LogP) is -0.451. The minimum atomic E-state index is -1.65. The van der Waals surface area contributed by atoms with E-state index in [-0.39, 0.29) is 12.3 Å². The first-order valence-corrected chi connectivity index (χ1v) is 11.6. The van der Waals surface area contributed by atoms with Crippen LogP contribution in [-0.2, 0) is 24.0 Å². The molecule has 5 unspecified atom stereocenters. The van der Waals surface area contributed by atoms with Crippen molar-refractivity contribution in [3.63, 3.8) is 0 Å². The highest BCUT2D eigenvalue weighted by atomic mass is 16.4. The first-order chi connectivity index (χ1) is 15.8. The van der Waals surface area contributed by atoms with Gasteiger partial charge in [-0.2, -0.15) is 0 Å². The van der Waals surface area contributed by atoms with Crippen LogP contribution in [0.5, 0.6) is 0 Å². The number of carbonyl (C=O) groups is 5. The van der Waals surface area contributed by atoms with Crippen molar-refractivity contribution in [2.75, 3.05) is 6.54 Å². The molecule has 0 fully saturated rings. The van der Waals surface area contributed by atoms with E-state index in [1.165, 1.54) is 0 Å². The normalized spacial score (nSPS) is 15.5. The lowest BCUT2D eigenvalue weighted by molar-refractivity contribution is -0.147. The molecule has 0 aliphatic rings. The van der Waals surface area contributed by atoms with Gasteiger partial charge in [0.15, 0.2) is 0 Å². The molecule has 0 saturated heterocycles. The highest BCUT2D eigenvalue weighted by Gasteiger charge is 2.33. The van der Waals surface area contributed by atoms with Crippen molar-refractivity contribution in [3.8, 4) is 0 Å². The molecular formula is C22H41N5O7. The molecule has 0 aromatic carbocycles. The number of aliphatic carboxylic acids is 2. The molecule has 3 amide bonds. The fourth-order valence-electron chi connectivity index (χ4n) is 3.25. The summed E-state index contributed by atoms with van der Waals surface area (Å²) in [6.07, 6.45) is 1.54. The van der Waals surface area contributed by atoms with Gasteiger partial charge in [0.25, 0.3) is 0 Å². The number of unbranched alkanes of at least 4 members (excludes halogenated alkanes) is 1. The number of amides is 3. The second-order valence-electron chi connectivity index (χ2n) is 8.95. The Morgan fingerprint density at radius 3 is 1.91 bits per heavy atom. The molecule has 34 heavy (non-hydrogen) atoms. The maximum atomic E-state index is 13.1. The Hall–Kier alpha value is -2.73. The Morgan fingerprint density at radius 1 is 0.853 bits per heavy atom. The van der Waals surface area contributed by atoms with Gasteiger partial charge in [0.05, 0.1) is 12.5 Å². The third-order valence-electron chi connectivity index (χ3n) is 5.43. The average molecular weight is 488 g/mol. The van der Waals surface area contributed by atoms with E-state index in [0.717, 1.165) is 0 Å². The third kappa shape index (κ3) is 11.9. The summed E-state index contributed by atoms with van der Waals surface area (Å²) in [4.78, 5) is 60.6. The summed E-state index contributed by atoms with van der Waals surface area (Å²) in [7, 11) is 0. The predicted molar refractivity (Wildman–Crippen MR) is 125 cm³/mol. The standard InChI is InChI=1S/C22H41N5O7/c1-5-13(4)18(21(32)26-16(22(33)34)11-17(28)29)27-20(31)15(8-6-7-9-23)25-19(30)14(24)10-12(2)3/h12-16,18H,5-11,23-24H2,1-4H3,(H,25,30)(H,26,32)(H,27,31)(H,28,29)(H,33,34). The molecule has 0 aliphatic carbocycles. The lowest BCUT2D eigenvalue weighted by Gasteiger charge is -2.28. The van der Waals surface area contributed by atoms with Crippen molar-refractivity contribution < 1.29 is 34.2 Å². The minimum Gasteiger partial charge on any atom is -0.481 e. The third-order valence-corrected chi connectivity index (χ3v) is 5.43. The van der Waals surface area contributed by atoms with Crippen molar-refractivity contribution in [1.82, 2.24) is 16.0 Å². The molecule has 5 atom stereocenters. The van der Waals surface area contributed by atoms with Crippen LogP contribution in [0.15, 0.2) is 0 Å². The summed E-state index contributed by atoms with van der Waals surface area (Å²) < 4.78 is 0. The molecule has 0 bridgehead atoms. The summed E-state index contributed by atoms with van der Waals surface area (Å²) in [5.74, 6) is -5.04. The number of carbonyl (C=O) groups excluding carboxylic acids is 3. The highest BCUT2D eigenvalue weighted by Crippen LogP contribution is 2.11. The van der Waals surface area contributed by atoms with E-state index in [4.69, 9.17) is 16.6 Å². The van der Waals surface area contributed by atoms with E-state index in [2.05, 4.69) is 16.0 Å². The molecule has 9 N–H and O–H groups in total. The molecule has 0 aliphatic heterocycles. The van der Waals surface area contributed by atoms with E-state index >= 15 is 0 Å². The van der Waals surface area contributed by atoms with E-state index in [0.29, 0.717) is 32.2 Å². The monoisotopic (exact) mass is 487 g/mol. The zero-order valence-corrected chi connectivity index (χ0v) is 20.5. The van der Waals surface area contributed by atoms with Gasteiger partial charge in [0, 0.05) is 0 Å².